The monoisotopic (exact) mass is 466 g/mol. The van der Waals surface area contributed by atoms with E-state index in [0.29, 0.717) is 32.6 Å². The van der Waals surface area contributed by atoms with Crippen LogP contribution in [0.4, 0.5) is 5.69 Å². The molecule has 0 aliphatic carbocycles. The van der Waals surface area contributed by atoms with Crippen molar-refractivity contribution in [3.63, 3.8) is 0 Å². The summed E-state index contributed by atoms with van der Waals surface area (Å²) < 4.78 is 5.22. The standard InChI is InChI=1S/C26H34N4O4/c1-19-7-5-8-20(2)26(19)27-23(31)17-28(3)25(33)18-29-11-13-30(14-12-29)24(32)16-21-9-6-10-22(15-21)34-4/h5-10,15H,11-14,16-18H2,1-4H3,(H,27,31). The van der Waals surface area contributed by atoms with Crippen LogP contribution in [0, 0.1) is 13.8 Å². The van der Waals surface area contributed by atoms with E-state index in [1.54, 1.807) is 14.2 Å². The number of nitrogens with one attached hydrogen (secondary N) is 1. The Morgan fingerprint density at radius 2 is 1.65 bits per heavy atom. The molecule has 8 heteroatoms. The molecule has 2 aromatic carbocycles. The third-order valence-corrected chi connectivity index (χ3v) is 6.13. The molecule has 34 heavy (non-hydrogen) atoms. The van der Waals surface area contributed by atoms with Crippen molar-refractivity contribution < 1.29 is 19.1 Å². The van der Waals surface area contributed by atoms with Crippen LogP contribution in [-0.2, 0) is 20.8 Å². The van der Waals surface area contributed by atoms with Crippen LogP contribution in [0.3, 0.4) is 0 Å². The van der Waals surface area contributed by atoms with Crippen LogP contribution < -0.4 is 10.1 Å². The highest BCUT2D eigenvalue weighted by atomic mass is 16.5. The minimum atomic E-state index is -0.221. The molecule has 0 unspecified atom stereocenters. The molecule has 1 fully saturated rings. The first-order valence-corrected chi connectivity index (χ1v) is 11.5. The van der Waals surface area contributed by atoms with Crippen molar-refractivity contribution in [2.75, 3.05) is 58.7 Å². The number of ether oxygens (including phenoxy) is 1. The number of benzene rings is 2. The van der Waals surface area contributed by atoms with Crippen LogP contribution in [-0.4, -0.2) is 85.8 Å². The van der Waals surface area contributed by atoms with Crippen molar-refractivity contribution in [2.24, 2.45) is 0 Å². The van der Waals surface area contributed by atoms with Crippen molar-refractivity contribution in [1.29, 1.82) is 0 Å². The van der Waals surface area contributed by atoms with Gasteiger partial charge in [0.1, 0.15) is 5.75 Å². The normalized spacial score (nSPS) is 13.9. The number of hydrogen-bond acceptors (Lipinski definition) is 5. The Bertz CT molecular complexity index is 1010. The molecule has 1 N–H and O–H groups in total. The SMILES string of the molecule is COc1cccc(CC(=O)N2CCN(CC(=O)N(C)CC(=O)Nc3c(C)cccc3C)CC2)c1. The quantitative estimate of drug-likeness (QED) is 0.644. The zero-order chi connectivity index (χ0) is 24.7. The van der Waals surface area contributed by atoms with Gasteiger partial charge >= 0.3 is 0 Å². The zero-order valence-corrected chi connectivity index (χ0v) is 20.5. The number of carbonyl (C=O) groups excluding carboxylic acids is 3. The lowest BCUT2D eigenvalue weighted by Crippen LogP contribution is -2.52. The number of methoxy groups -OCH3 is 1. The Hall–Kier alpha value is -3.39. The molecular weight excluding hydrogens is 432 g/mol. The van der Waals surface area contributed by atoms with E-state index in [4.69, 9.17) is 4.74 Å². The number of carbonyl (C=O) groups is 3. The van der Waals surface area contributed by atoms with Gasteiger partial charge < -0.3 is 19.9 Å². The van der Waals surface area contributed by atoms with Crippen molar-refractivity contribution in [3.8, 4) is 5.75 Å². The lowest BCUT2D eigenvalue weighted by atomic mass is 10.1. The molecule has 8 nitrogen and oxygen atoms in total. The summed E-state index contributed by atoms with van der Waals surface area (Å²) >= 11 is 0. The second-order valence-electron chi connectivity index (χ2n) is 8.75. The third-order valence-electron chi connectivity index (χ3n) is 6.13. The highest BCUT2D eigenvalue weighted by Gasteiger charge is 2.24. The first kappa shape index (κ1) is 25.2. The summed E-state index contributed by atoms with van der Waals surface area (Å²) in [6.07, 6.45) is 0.328. The lowest BCUT2D eigenvalue weighted by Gasteiger charge is -2.35. The molecule has 1 aliphatic heterocycles. The second kappa shape index (κ2) is 11.7. The number of nitrogens with zero attached hydrogens (tertiary/aromatic N) is 3. The fourth-order valence-corrected chi connectivity index (χ4v) is 4.03. The molecule has 0 atom stereocenters. The molecular formula is C26H34N4O4. The van der Waals surface area contributed by atoms with Gasteiger partial charge in [0.25, 0.3) is 0 Å². The highest BCUT2D eigenvalue weighted by Crippen LogP contribution is 2.19. The van der Waals surface area contributed by atoms with Crippen molar-refractivity contribution >= 4 is 23.4 Å². The topological polar surface area (TPSA) is 82.2 Å². The number of hydrogen-bond donors (Lipinski definition) is 1. The minimum absolute atomic E-state index is 0.00834. The van der Waals surface area contributed by atoms with Gasteiger partial charge in [0, 0.05) is 38.9 Å². The van der Waals surface area contributed by atoms with Crippen molar-refractivity contribution in [1.82, 2.24) is 14.7 Å². The van der Waals surface area contributed by atoms with Crippen LogP contribution >= 0.6 is 0 Å². The predicted molar refractivity (Wildman–Crippen MR) is 132 cm³/mol. The molecule has 2 aromatic rings. The Labute approximate surface area is 201 Å². The summed E-state index contributed by atoms with van der Waals surface area (Å²) in [5.41, 5.74) is 3.69. The van der Waals surface area contributed by atoms with Crippen molar-refractivity contribution in [2.45, 2.75) is 20.3 Å². The lowest BCUT2D eigenvalue weighted by molar-refractivity contribution is -0.136. The molecule has 3 rings (SSSR count). The molecule has 0 radical (unpaired) electrons. The van der Waals surface area contributed by atoms with Gasteiger partial charge in [0.2, 0.25) is 17.7 Å². The highest BCUT2D eigenvalue weighted by molar-refractivity contribution is 5.95. The second-order valence-corrected chi connectivity index (χ2v) is 8.75. The van der Waals surface area contributed by atoms with Gasteiger partial charge in [-0.05, 0) is 42.7 Å². The van der Waals surface area contributed by atoms with E-state index >= 15 is 0 Å². The maximum Gasteiger partial charge on any atom is 0.243 e. The molecule has 1 aliphatic rings. The maximum atomic E-state index is 12.7. The van der Waals surface area contributed by atoms with Crippen molar-refractivity contribution in [3.05, 3.63) is 59.2 Å². The van der Waals surface area contributed by atoms with Gasteiger partial charge in [-0.25, -0.2) is 0 Å². The minimum Gasteiger partial charge on any atom is -0.497 e. The smallest absolute Gasteiger partial charge is 0.243 e. The maximum absolute atomic E-state index is 12.7. The van der Waals surface area contributed by atoms with Gasteiger partial charge in [-0.15, -0.1) is 0 Å². The summed E-state index contributed by atoms with van der Waals surface area (Å²) in [6.45, 7) is 6.50. The molecule has 182 valence electrons. The van der Waals surface area contributed by atoms with Crippen LogP contribution in [0.25, 0.3) is 0 Å². The van der Waals surface area contributed by atoms with E-state index in [1.807, 2.05) is 66.1 Å². The fraction of sp³-hybridized carbons (Fsp3) is 0.423. The van der Waals surface area contributed by atoms with Crippen LogP contribution in [0.2, 0.25) is 0 Å². The summed E-state index contributed by atoms with van der Waals surface area (Å²) in [5.74, 6) is 0.467. The Morgan fingerprint density at radius 3 is 2.29 bits per heavy atom. The Balaban J connectivity index is 1.42. The van der Waals surface area contributed by atoms with Gasteiger partial charge in [-0.2, -0.15) is 0 Å². The molecule has 1 saturated heterocycles. The molecule has 1 heterocycles. The number of amides is 3. The fourth-order valence-electron chi connectivity index (χ4n) is 4.03. The molecule has 3 amide bonds. The number of likely N-dealkylation sites (N-methyl/N-ethyl adjacent to an activating group) is 1. The predicted octanol–water partition coefficient (Wildman–Crippen LogP) is 2.10. The Kier molecular flexibility index (Phi) is 8.65. The van der Waals surface area contributed by atoms with Gasteiger partial charge in [0.15, 0.2) is 0 Å². The van der Waals surface area contributed by atoms with E-state index in [0.717, 1.165) is 28.1 Å². The largest absolute Gasteiger partial charge is 0.497 e. The van der Waals surface area contributed by atoms with Gasteiger partial charge in [-0.1, -0.05) is 30.3 Å². The summed E-state index contributed by atoms with van der Waals surface area (Å²) in [7, 11) is 3.25. The zero-order valence-electron chi connectivity index (χ0n) is 20.5. The summed E-state index contributed by atoms with van der Waals surface area (Å²) in [5, 5.41) is 2.91. The first-order valence-electron chi connectivity index (χ1n) is 11.5. The number of piperazine rings is 1. The van der Waals surface area contributed by atoms with Crippen LogP contribution in [0.15, 0.2) is 42.5 Å². The number of anilines is 1. The van der Waals surface area contributed by atoms with E-state index < -0.39 is 0 Å². The van der Waals surface area contributed by atoms with E-state index in [9.17, 15) is 14.4 Å². The summed E-state index contributed by atoms with van der Waals surface area (Å²) in [4.78, 5) is 43.1. The number of aryl methyl sites for hydroxylation is 2. The van der Waals surface area contributed by atoms with Gasteiger partial charge in [0.05, 0.1) is 26.6 Å². The van der Waals surface area contributed by atoms with Crippen LogP contribution in [0.5, 0.6) is 5.75 Å². The molecule has 0 aromatic heterocycles. The van der Waals surface area contributed by atoms with E-state index in [1.165, 1.54) is 4.90 Å². The average Bonchev–Trinajstić information content (AvgIpc) is 2.82. The molecule has 0 spiro atoms. The number of para-hydroxylation sites is 1. The third kappa shape index (κ3) is 6.81. The molecule has 0 bridgehead atoms. The molecule has 0 saturated carbocycles. The van der Waals surface area contributed by atoms with Gasteiger partial charge in [-0.3, -0.25) is 19.3 Å². The van der Waals surface area contributed by atoms with E-state index in [-0.39, 0.29) is 30.8 Å². The Morgan fingerprint density at radius 1 is 1.00 bits per heavy atom. The van der Waals surface area contributed by atoms with E-state index in [2.05, 4.69) is 5.32 Å². The summed E-state index contributed by atoms with van der Waals surface area (Å²) in [6, 6.07) is 13.4. The number of rotatable bonds is 8. The first-order chi connectivity index (χ1) is 16.3. The van der Waals surface area contributed by atoms with Crippen LogP contribution in [0.1, 0.15) is 16.7 Å². The average molecular weight is 467 g/mol.